The van der Waals surface area contributed by atoms with Gasteiger partial charge in [0.2, 0.25) is 0 Å². The van der Waals surface area contributed by atoms with Gasteiger partial charge < -0.3 is 14.8 Å². The van der Waals surface area contributed by atoms with Gasteiger partial charge in [-0.1, -0.05) is 26.8 Å². The number of hydrogen-bond donors (Lipinski definition) is 1. The van der Waals surface area contributed by atoms with E-state index in [1.54, 1.807) is 7.11 Å². The summed E-state index contributed by atoms with van der Waals surface area (Å²) in [4.78, 5) is 0. The second kappa shape index (κ2) is 8.65. The minimum absolute atomic E-state index is 0.149. The molecule has 0 saturated heterocycles. The third-order valence-corrected chi connectivity index (χ3v) is 4.05. The lowest BCUT2D eigenvalue weighted by molar-refractivity contribution is 0.146. The molecule has 0 amide bonds. The Morgan fingerprint density at radius 1 is 1.25 bits per heavy atom. The maximum absolute atomic E-state index is 5.66. The zero-order valence-electron chi connectivity index (χ0n) is 13.0. The van der Waals surface area contributed by atoms with E-state index in [1.807, 2.05) is 6.07 Å². The first-order valence-electron chi connectivity index (χ1n) is 7.13. The minimum atomic E-state index is 0.149. The molecule has 20 heavy (non-hydrogen) atoms. The fourth-order valence-corrected chi connectivity index (χ4v) is 2.49. The summed E-state index contributed by atoms with van der Waals surface area (Å²) >= 11 is 3.59. The van der Waals surface area contributed by atoms with Gasteiger partial charge in [0, 0.05) is 7.11 Å². The first kappa shape index (κ1) is 17.5. The average Bonchev–Trinajstić information content (AvgIpc) is 2.41. The molecule has 0 aromatic heterocycles. The van der Waals surface area contributed by atoms with Crippen LogP contribution in [0.2, 0.25) is 0 Å². The second-order valence-corrected chi connectivity index (χ2v) is 6.33. The summed E-state index contributed by atoms with van der Waals surface area (Å²) in [6, 6.07) is 6.34. The van der Waals surface area contributed by atoms with Crippen LogP contribution in [-0.2, 0) is 10.2 Å². The van der Waals surface area contributed by atoms with Gasteiger partial charge >= 0.3 is 0 Å². The molecule has 1 aromatic rings. The van der Waals surface area contributed by atoms with Gasteiger partial charge in [-0.2, -0.15) is 0 Å². The van der Waals surface area contributed by atoms with Gasteiger partial charge in [-0.3, -0.25) is 0 Å². The summed E-state index contributed by atoms with van der Waals surface area (Å²) in [6.45, 7) is 9.91. The number of rotatable bonds is 9. The van der Waals surface area contributed by atoms with E-state index in [2.05, 4.69) is 54.2 Å². The standard InChI is InChI=1S/C16H26BrNO2/c1-5-18-9-8-16(2,3)13-6-7-15(14(17)12-13)20-11-10-19-4/h6-7,12,18H,5,8-11H2,1-4H3. The molecule has 0 radical (unpaired) electrons. The molecule has 0 bridgehead atoms. The van der Waals surface area contributed by atoms with Crippen LogP contribution in [0.15, 0.2) is 22.7 Å². The molecule has 0 aliphatic rings. The van der Waals surface area contributed by atoms with Crippen LogP contribution < -0.4 is 10.1 Å². The van der Waals surface area contributed by atoms with Gasteiger partial charge in [-0.05, 0) is 58.6 Å². The van der Waals surface area contributed by atoms with Crippen molar-refractivity contribution in [2.24, 2.45) is 0 Å². The summed E-state index contributed by atoms with van der Waals surface area (Å²) < 4.78 is 11.7. The fourth-order valence-electron chi connectivity index (χ4n) is 2.00. The van der Waals surface area contributed by atoms with E-state index < -0.39 is 0 Å². The number of nitrogens with one attached hydrogen (secondary N) is 1. The normalized spacial score (nSPS) is 11.7. The maximum atomic E-state index is 5.66. The van der Waals surface area contributed by atoms with Crippen molar-refractivity contribution in [1.82, 2.24) is 5.32 Å². The van der Waals surface area contributed by atoms with Crippen molar-refractivity contribution < 1.29 is 9.47 Å². The quantitative estimate of drug-likeness (QED) is 0.692. The molecule has 0 heterocycles. The number of hydrogen-bond acceptors (Lipinski definition) is 3. The first-order valence-corrected chi connectivity index (χ1v) is 7.93. The van der Waals surface area contributed by atoms with Crippen molar-refractivity contribution in [1.29, 1.82) is 0 Å². The largest absolute Gasteiger partial charge is 0.490 e. The molecule has 1 N–H and O–H groups in total. The lowest BCUT2D eigenvalue weighted by atomic mass is 9.81. The zero-order valence-corrected chi connectivity index (χ0v) is 14.5. The van der Waals surface area contributed by atoms with Crippen LogP contribution in [0, 0.1) is 0 Å². The number of benzene rings is 1. The first-order chi connectivity index (χ1) is 9.51. The highest BCUT2D eigenvalue weighted by molar-refractivity contribution is 9.10. The van der Waals surface area contributed by atoms with Crippen molar-refractivity contribution in [2.45, 2.75) is 32.6 Å². The summed E-state index contributed by atoms with van der Waals surface area (Å²) in [5, 5.41) is 3.38. The van der Waals surface area contributed by atoms with Crippen LogP contribution in [-0.4, -0.2) is 33.4 Å². The van der Waals surface area contributed by atoms with Gasteiger partial charge in [0.25, 0.3) is 0 Å². The Morgan fingerprint density at radius 2 is 2.00 bits per heavy atom. The number of methoxy groups -OCH3 is 1. The highest BCUT2D eigenvalue weighted by atomic mass is 79.9. The van der Waals surface area contributed by atoms with Crippen molar-refractivity contribution in [3.05, 3.63) is 28.2 Å². The summed E-state index contributed by atoms with van der Waals surface area (Å²) in [5.41, 5.74) is 1.47. The highest BCUT2D eigenvalue weighted by Crippen LogP contribution is 2.33. The number of ether oxygens (including phenoxy) is 2. The Bertz CT molecular complexity index is 407. The lowest BCUT2D eigenvalue weighted by Crippen LogP contribution is -2.25. The highest BCUT2D eigenvalue weighted by Gasteiger charge is 2.21. The van der Waals surface area contributed by atoms with E-state index in [0.717, 1.165) is 29.7 Å². The lowest BCUT2D eigenvalue weighted by Gasteiger charge is -2.26. The predicted molar refractivity (Wildman–Crippen MR) is 87.7 cm³/mol. The summed E-state index contributed by atoms with van der Waals surface area (Å²) in [5.74, 6) is 0.869. The van der Waals surface area contributed by atoms with Gasteiger partial charge in [-0.15, -0.1) is 0 Å². The fraction of sp³-hybridized carbons (Fsp3) is 0.625. The molecule has 0 aliphatic carbocycles. The predicted octanol–water partition coefficient (Wildman–Crippen LogP) is 3.75. The SMILES string of the molecule is CCNCCC(C)(C)c1ccc(OCCOC)c(Br)c1. The Kier molecular flexibility index (Phi) is 7.56. The van der Waals surface area contributed by atoms with Crippen LogP contribution in [0.25, 0.3) is 0 Å². The van der Waals surface area contributed by atoms with E-state index in [0.29, 0.717) is 13.2 Å². The second-order valence-electron chi connectivity index (χ2n) is 5.47. The van der Waals surface area contributed by atoms with E-state index in [4.69, 9.17) is 9.47 Å². The third kappa shape index (κ3) is 5.43. The van der Waals surface area contributed by atoms with E-state index in [1.165, 1.54) is 5.56 Å². The minimum Gasteiger partial charge on any atom is -0.490 e. The molecule has 0 spiro atoms. The molecule has 0 saturated carbocycles. The molecule has 3 nitrogen and oxygen atoms in total. The Hall–Kier alpha value is -0.580. The van der Waals surface area contributed by atoms with Crippen molar-refractivity contribution in [2.75, 3.05) is 33.4 Å². The molecular weight excluding hydrogens is 318 g/mol. The van der Waals surface area contributed by atoms with E-state index in [9.17, 15) is 0 Å². The smallest absolute Gasteiger partial charge is 0.133 e. The molecule has 1 rings (SSSR count). The van der Waals surface area contributed by atoms with Crippen LogP contribution in [0.3, 0.4) is 0 Å². The van der Waals surface area contributed by atoms with Crippen LogP contribution in [0.4, 0.5) is 0 Å². The molecule has 1 aromatic carbocycles. The molecule has 0 aliphatic heterocycles. The van der Waals surface area contributed by atoms with Crippen LogP contribution >= 0.6 is 15.9 Å². The van der Waals surface area contributed by atoms with Crippen molar-refractivity contribution in [3.63, 3.8) is 0 Å². The summed E-state index contributed by atoms with van der Waals surface area (Å²) in [6.07, 6.45) is 1.11. The summed E-state index contributed by atoms with van der Waals surface area (Å²) in [7, 11) is 1.67. The van der Waals surface area contributed by atoms with Gasteiger partial charge in [0.15, 0.2) is 0 Å². The van der Waals surface area contributed by atoms with Crippen LogP contribution in [0.5, 0.6) is 5.75 Å². The molecule has 0 fully saturated rings. The molecule has 114 valence electrons. The van der Waals surface area contributed by atoms with E-state index >= 15 is 0 Å². The Labute approximate surface area is 131 Å². The number of halogens is 1. The molecule has 4 heteroatoms. The van der Waals surface area contributed by atoms with Crippen molar-refractivity contribution in [3.8, 4) is 5.75 Å². The van der Waals surface area contributed by atoms with E-state index in [-0.39, 0.29) is 5.41 Å². The van der Waals surface area contributed by atoms with Gasteiger partial charge in [0.1, 0.15) is 12.4 Å². The van der Waals surface area contributed by atoms with Gasteiger partial charge in [0.05, 0.1) is 11.1 Å². The monoisotopic (exact) mass is 343 g/mol. The van der Waals surface area contributed by atoms with Crippen LogP contribution in [0.1, 0.15) is 32.8 Å². The maximum Gasteiger partial charge on any atom is 0.133 e. The molecule has 0 atom stereocenters. The topological polar surface area (TPSA) is 30.5 Å². The molecule has 0 unspecified atom stereocenters. The third-order valence-electron chi connectivity index (χ3n) is 3.44. The van der Waals surface area contributed by atoms with Crippen molar-refractivity contribution >= 4 is 15.9 Å². The Morgan fingerprint density at radius 3 is 2.60 bits per heavy atom. The van der Waals surface area contributed by atoms with Gasteiger partial charge in [-0.25, -0.2) is 0 Å². The zero-order chi connectivity index (χ0) is 15.0. The Balaban J connectivity index is 2.69. The molecular formula is C16H26BrNO2. The average molecular weight is 344 g/mol.